The van der Waals surface area contributed by atoms with E-state index in [4.69, 9.17) is 15.7 Å². The fraction of sp³-hybridized carbons (Fsp3) is 0.545. The molecule has 0 spiro atoms. The minimum absolute atomic E-state index is 0.0600. The summed E-state index contributed by atoms with van der Waals surface area (Å²) in [6.07, 6.45) is 2.80. The van der Waals surface area contributed by atoms with Crippen LogP contribution in [0.25, 0.3) is 0 Å². The van der Waals surface area contributed by atoms with Gasteiger partial charge in [-0.15, -0.1) is 0 Å². The largest absolute Gasteiger partial charge is 0.409 e. The van der Waals surface area contributed by atoms with E-state index in [-0.39, 0.29) is 23.8 Å². The maximum Gasteiger partial charge on any atom is 0.231 e. The Labute approximate surface area is 110 Å². The highest BCUT2D eigenvalue weighted by atomic mass is 16.5. The van der Waals surface area contributed by atoms with Crippen LogP contribution in [0, 0.1) is 5.92 Å². The summed E-state index contributed by atoms with van der Waals surface area (Å²) in [5, 5.41) is 20.6. The van der Waals surface area contributed by atoms with Crippen molar-refractivity contribution < 1.29 is 14.7 Å². The number of aromatic amines is 1. The number of amides is 1. The summed E-state index contributed by atoms with van der Waals surface area (Å²) in [5.41, 5.74) is 5.84. The van der Waals surface area contributed by atoms with Crippen molar-refractivity contribution in [3.63, 3.8) is 0 Å². The Kier molecular flexibility index (Phi) is 4.00. The monoisotopic (exact) mass is 267 g/mol. The summed E-state index contributed by atoms with van der Waals surface area (Å²) >= 11 is 0. The smallest absolute Gasteiger partial charge is 0.231 e. The lowest BCUT2D eigenvalue weighted by molar-refractivity contribution is -0.121. The van der Waals surface area contributed by atoms with Gasteiger partial charge in [0.15, 0.2) is 5.84 Å². The molecule has 1 aliphatic heterocycles. The molecule has 2 atom stereocenters. The zero-order chi connectivity index (χ0) is 13.8. The number of hydrogen-bond acceptors (Lipinski definition) is 5. The molecule has 1 aromatic rings. The standard InChI is InChI=1S/C11H17N5O3/c1-2-8-6(3-4-19-8)11(17)14-10-7(5-13-15-10)9(12)16-18/h5-6,8,18H,2-4H2,1H3,(H2,12,16)(H2,13,14,15,17). The molecule has 1 aliphatic rings. The second-order valence-electron chi connectivity index (χ2n) is 4.35. The van der Waals surface area contributed by atoms with Crippen LogP contribution in [-0.2, 0) is 9.53 Å². The molecule has 8 heteroatoms. The zero-order valence-electron chi connectivity index (χ0n) is 10.6. The van der Waals surface area contributed by atoms with Crippen LogP contribution in [0.1, 0.15) is 25.3 Å². The van der Waals surface area contributed by atoms with E-state index >= 15 is 0 Å². The molecule has 0 aromatic carbocycles. The first-order valence-corrected chi connectivity index (χ1v) is 6.11. The lowest BCUT2D eigenvalue weighted by Crippen LogP contribution is -2.30. The molecule has 2 unspecified atom stereocenters. The van der Waals surface area contributed by atoms with E-state index in [0.29, 0.717) is 24.4 Å². The van der Waals surface area contributed by atoms with Gasteiger partial charge < -0.3 is 21.0 Å². The number of hydrogen-bond donors (Lipinski definition) is 4. The summed E-state index contributed by atoms with van der Waals surface area (Å²) in [4.78, 5) is 12.2. The van der Waals surface area contributed by atoms with Crippen molar-refractivity contribution >= 4 is 17.6 Å². The molecule has 1 saturated heterocycles. The third kappa shape index (κ3) is 2.68. The van der Waals surface area contributed by atoms with E-state index in [1.54, 1.807) is 0 Å². The zero-order valence-corrected chi connectivity index (χ0v) is 10.6. The van der Waals surface area contributed by atoms with Gasteiger partial charge in [0.05, 0.1) is 23.8 Å². The first-order chi connectivity index (χ1) is 9.17. The number of aromatic nitrogens is 2. The highest BCUT2D eigenvalue weighted by Gasteiger charge is 2.33. The molecule has 1 aromatic heterocycles. The number of carbonyl (C=O) groups excluding carboxylic acids is 1. The van der Waals surface area contributed by atoms with Crippen molar-refractivity contribution in [1.29, 1.82) is 0 Å². The predicted octanol–water partition coefficient (Wildman–Crippen LogP) is 0.258. The molecule has 0 bridgehead atoms. The molecule has 2 heterocycles. The van der Waals surface area contributed by atoms with Gasteiger partial charge in [0.2, 0.25) is 5.91 Å². The Bertz CT molecular complexity index is 484. The van der Waals surface area contributed by atoms with Crippen LogP contribution in [0.15, 0.2) is 11.4 Å². The summed E-state index contributed by atoms with van der Waals surface area (Å²) in [5.74, 6) is -0.130. The molecule has 0 saturated carbocycles. The van der Waals surface area contributed by atoms with Gasteiger partial charge in [-0.2, -0.15) is 5.10 Å². The van der Waals surface area contributed by atoms with Crippen LogP contribution in [-0.4, -0.2) is 39.9 Å². The molecule has 2 rings (SSSR count). The lowest BCUT2D eigenvalue weighted by Gasteiger charge is -2.16. The number of H-pyrrole nitrogens is 1. The third-order valence-electron chi connectivity index (χ3n) is 3.22. The van der Waals surface area contributed by atoms with E-state index in [1.165, 1.54) is 6.20 Å². The molecule has 5 N–H and O–H groups in total. The maximum absolute atomic E-state index is 12.2. The number of nitrogens with two attached hydrogens (primary N) is 1. The minimum atomic E-state index is -0.187. The van der Waals surface area contributed by atoms with Crippen LogP contribution >= 0.6 is 0 Å². The number of nitrogens with zero attached hydrogens (tertiary/aromatic N) is 2. The van der Waals surface area contributed by atoms with Crippen molar-refractivity contribution in [2.24, 2.45) is 16.8 Å². The fourth-order valence-electron chi connectivity index (χ4n) is 2.20. The molecule has 19 heavy (non-hydrogen) atoms. The summed E-state index contributed by atoms with van der Waals surface area (Å²) in [6.45, 7) is 2.57. The Hall–Kier alpha value is -2.09. The molecule has 1 amide bonds. The van der Waals surface area contributed by atoms with E-state index in [9.17, 15) is 4.79 Å². The Balaban J connectivity index is 2.09. The first kappa shape index (κ1) is 13.3. The van der Waals surface area contributed by atoms with Crippen LogP contribution in [0.2, 0.25) is 0 Å². The first-order valence-electron chi connectivity index (χ1n) is 6.11. The predicted molar refractivity (Wildman–Crippen MR) is 67.9 cm³/mol. The Morgan fingerprint density at radius 3 is 3.26 bits per heavy atom. The molecular weight excluding hydrogens is 250 g/mol. The van der Waals surface area contributed by atoms with Crippen LogP contribution < -0.4 is 11.1 Å². The van der Waals surface area contributed by atoms with Crippen LogP contribution in [0.3, 0.4) is 0 Å². The minimum Gasteiger partial charge on any atom is -0.409 e. The van der Waals surface area contributed by atoms with Gasteiger partial charge >= 0.3 is 0 Å². The van der Waals surface area contributed by atoms with Crippen molar-refractivity contribution in [2.45, 2.75) is 25.9 Å². The lowest BCUT2D eigenvalue weighted by atomic mass is 9.99. The number of oxime groups is 1. The van der Waals surface area contributed by atoms with Gasteiger partial charge in [0.25, 0.3) is 0 Å². The fourth-order valence-corrected chi connectivity index (χ4v) is 2.20. The maximum atomic E-state index is 12.2. The quantitative estimate of drug-likeness (QED) is 0.269. The summed E-state index contributed by atoms with van der Waals surface area (Å²) in [6, 6.07) is 0. The van der Waals surface area contributed by atoms with Gasteiger partial charge in [-0.25, -0.2) is 0 Å². The highest BCUT2D eigenvalue weighted by molar-refractivity contribution is 6.04. The summed E-state index contributed by atoms with van der Waals surface area (Å²) < 4.78 is 5.48. The van der Waals surface area contributed by atoms with Gasteiger partial charge in [-0.3, -0.25) is 9.89 Å². The SMILES string of the molecule is CCC1OCCC1C(=O)Nc1[nH]ncc1C(N)=NO. The molecular formula is C11H17N5O3. The third-order valence-corrected chi connectivity index (χ3v) is 3.22. The molecule has 1 fully saturated rings. The number of ether oxygens (including phenoxy) is 1. The molecule has 0 aliphatic carbocycles. The van der Waals surface area contributed by atoms with E-state index in [0.717, 1.165) is 6.42 Å². The molecule has 0 radical (unpaired) electrons. The average Bonchev–Trinajstić information content (AvgIpc) is 3.05. The van der Waals surface area contributed by atoms with Crippen molar-refractivity contribution in [2.75, 3.05) is 11.9 Å². The van der Waals surface area contributed by atoms with E-state index in [1.807, 2.05) is 6.92 Å². The number of nitrogens with one attached hydrogen (secondary N) is 2. The number of rotatable bonds is 4. The number of amidine groups is 1. The van der Waals surface area contributed by atoms with E-state index in [2.05, 4.69) is 20.7 Å². The van der Waals surface area contributed by atoms with Gasteiger partial charge in [-0.1, -0.05) is 12.1 Å². The van der Waals surface area contributed by atoms with Crippen LogP contribution in [0.5, 0.6) is 0 Å². The normalized spacial score (nSPS) is 23.5. The summed E-state index contributed by atoms with van der Waals surface area (Å²) in [7, 11) is 0. The van der Waals surface area contributed by atoms with Crippen molar-refractivity contribution in [3.05, 3.63) is 11.8 Å². The van der Waals surface area contributed by atoms with Crippen molar-refractivity contribution in [3.8, 4) is 0 Å². The number of anilines is 1. The molecule has 8 nitrogen and oxygen atoms in total. The van der Waals surface area contributed by atoms with Gasteiger partial charge in [0, 0.05) is 6.61 Å². The van der Waals surface area contributed by atoms with Gasteiger partial charge in [-0.05, 0) is 12.8 Å². The average molecular weight is 267 g/mol. The Morgan fingerprint density at radius 1 is 1.79 bits per heavy atom. The molecule has 104 valence electrons. The second-order valence-corrected chi connectivity index (χ2v) is 4.35. The highest BCUT2D eigenvalue weighted by Crippen LogP contribution is 2.25. The van der Waals surface area contributed by atoms with Crippen LogP contribution in [0.4, 0.5) is 5.82 Å². The van der Waals surface area contributed by atoms with Crippen molar-refractivity contribution in [1.82, 2.24) is 10.2 Å². The van der Waals surface area contributed by atoms with E-state index < -0.39 is 0 Å². The topological polar surface area (TPSA) is 126 Å². The van der Waals surface area contributed by atoms with Gasteiger partial charge in [0.1, 0.15) is 5.82 Å². The number of carbonyl (C=O) groups is 1. The second kappa shape index (κ2) is 5.70. The Morgan fingerprint density at radius 2 is 2.58 bits per heavy atom.